The van der Waals surface area contributed by atoms with E-state index in [0.29, 0.717) is 0 Å². The third-order valence-electron chi connectivity index (χ3n) is 7.58. The van der Waals surface area contributed by atoms with E-state index in [4.69, 9.17) is 4.74 Å². The van der Waals surface area contributed by atoms with Crippen LogP contribution in [-0.2, 0) is 19.9 Å². The van der Waals surface area contributed by atoms with Gasteiger partial charge in [-0.3, -0.25) is 4.98 Å². The summed E-state index contributed by atoms with van der Waals surface area (Å²) in [6, 6.07) is 13.6. The van der Waals surface area contributed by atoms with Crippen LogP contribution in [0.1, 0.15) is 58.2 Å². The van der Waals surface area contributed by atoms with Crippen LogP contribution in [0.3, 0.4) is 0 Å². The molecule has 0 bridgehead atoms. The highest BCUT2D eigenvalue weighted by Crippen LogP contribution is 2.52. The number of hydrogen-bond acceptors (Lipinski definition) is 2. The molecular formula is C34H37N2O+. The highest BCUT2D eigenvalue weighted by molar-refractivity contribution is 6.16. The van der Waals surface area contributed by atoms with Crippen LogP contribution in [0.25, 0.3) is 43.6 Å². The second-order valence-corrected chi connectivity index (χ2v) is 13.3. The molecular weight excluding hydrogens is 452 g/mol. The average molecular weight is 490 g/mol. The zero-order valence-electron chi connectivity index (χ0n) is 23.4. The quantitative estimate of drug-likeness (QED) is 0.180. The molecule has 1 aliphatic heterocycles. The van der Waals surface area contributed by atoms with Gasteiger partial charge in [-0.2, -0.15) is 0 Å². The van der Waals surface area contributed by atoms with Crippen molar-refractivity contribution in [3.05, 3.63) is 71.7 Å². The molecule has 3 nitrogen and oxygen atoms in total. The van der Waals surface area contributed by atoms with Gasteiger partial charge in [0.15, 0.2) is 6.20 Å². The molecule has 0 amide bonds. The van der Waals surface area contributed by atoms with Gasteiger partial charge in [-0.05, 0) is 70.0 Å². The molecule has 0 radical (unpaired) electrons. The van der Waals surface area contributed by atoms with E-state index in [0.717, 1.165) is 24.3 Å². The number of hydrogen-bond donors (Lipinski definition) is 0. The molecule has 3 heterocycles. The molecule has 2 aromatic heterocycles. The van der Waals surface area contributed by atoms with E-state index in [1.165, 1.54) is 60.3 Å². The number of rotatable bonds is 2. The summed E-state index contributed by atoms with van der Waals surface area (Å²) in [5, 5.41) is 7.42. The van der Waals surface area contributed by atoms with Gasteiger partial charge < -0.3 is 4.74 Å². The number of nitrogens with zero attached hydrogens (tertiary/aromatic N) is 2. The summed E-state index contributed by atoms with van der Waals surface area (Å²) in [7, 11) is 2.16. The van der Waals surface area contributed by atoms with Gasteiger partial charge in [0.2, 0.25) is 5.69 Å². The molecule has 0 fully saturated rings. The lowest BCUT2D eigenvalue weighted by Gasteiger charge is -2.28. The molecule has 0 N–H and O–H groups in total. The maximum atomic E-state index is 6.96. The highest BCUT2D eigenvalue weighted by Gasteiger charge is 2.34. The fourth-order valence-electron chi connectivity index (χ4n) is 6.15. The van der Waals surface area contributed by atoms with Gasteiger partial charge in [-0.25, -0.2) is 4.57 Å². The minimum atomic E-state index is 0.115. The van der Waals surface area contributed by atoms with Crippen molar-refractivity contribution >= 4 is 32.3 Å². The maximum absolute atomic E-state index is 6.96. The van der Waals surface area contributed by atoms with E-state index in [9.17, 15) is 0 Å². The van der Waals surface area contributed by atoms with E-state index in [-0.39, 0.29) is 10.8 Å². The Bertz CT molecular complexity index is 1730. The molecule has 1 aliphatic rings. The van der Waals surface area contributed by atoms with Crippen LogP contribution in [0.15, 0.2) is 55.0 Å². The first-order valence-corrected chi connectivity index (χ1v) is 13.4. The van der Waals surface area contributed by atoms with Crippen molar-refractivity contribution < 1.29 is 9.30 Å². The summed E-state index contributed by atoms with van der Waals surface area (Å²) in [5.74, 6) is 1.96. The lowest BCUT2D eigenvalue weighted by atomic mass is 9.82. The molecule has 0 saturated carbocycles. The number of aromatic nitrogens is 2. The number of fused-ring (bicyclic) bond motifs is 5. The maximum Gasteiger partial charge on any atom is 0.228 e. The molecule has 0 atom stereocenters. The zero-order valence-corrected chi connectivity index (χ0v) is 23.4. The van der Waals surface area contributed by atoms with Crippen molar-refractivity contribution in [2.24, 2.45) is 17.9 Å². The van der Waals surface area contributed by atoms with Gasteiger partial charge in [0.25, 0.3) is 0 Å². The third kappa shape index (κ3) is 3.96. The smallest absolute Gasteiger partial charge is 0.228 e. The Hall–Kier alpha value is -3.46. The Morgan fingerprint density at radius 3 is 2.32 bits per heavy atom. The largest absolute Gasteiger partial charge is 0.455 e. The van der Waals surface area contributed by atoms with Crippen molar-refractivity contribution in [3.63, 3.8) is 0 Å². The summed E-state index contributed by atoms with van der Waals surface area (Å²) in [6.45, 7) is 16.0. The van der Waals surface area contributed by atoms with E-state index in [1.54, 1.807) is 0 Å². The van der Waals surface area contributed by atoms with Crippen LogP contribution in [0.5, 0.6) is 11.5 Å². The Morgan fingerprint density at radius 1 is 0.838 bits per heavy atom. The molecule has 0 unspecified atom stereocenters. The number of benzene rings is 3. The Labute approximate surface area is 220 Å². The molecule has 5 aromatic rings. The SMILES string of the molecule is Cc1c2c(c(CC(C)(C)C)c3ccncc13)Oc1cc3ccc(CC(C)(C)C)cc3c3cc[n+](C)c-2c13. The monoisotopic (exact) mass is 489 g/mol. The van der Waals surface area contributed by atoms with Crippen molar-refractivity contribution in [3.8, 4) is 22.8 Å². The van der Waals surface area contributed by atoms with Gasteiger partial charge in [-0.1, -0.05) is 59.7 Å². The lowest BCUT2D eigenvalue weighted by molar-refractivity contribution is -0.659. The predicted octanol–water partition coefficient (Wildman–Crippen LogP) is 8.62. The average Bonchev–Trinajstić information content (AvgIpc) is 2.81. The topological polar surface area (TPSA) is 26.0 Å². The van der Waals surface area contributed by atoms with E-state index in [2.05, 4.69) is 108 Å². The minimum absolute atomic E-state index is 0.115. The first-order chi connectivity index (χ1) is 17.4. The van der Waals surface area contributed by atoms with E-state index >= 15 is 0 Å². The molecule has 3 aromatic carbocycles. The fraction of sp³-hybridized carbons (Fsp3) is 0.353. The zero-order chi connectivity index (χ0) is 26.3. The molecule has 3 heteroatoms. The minimum Gasteiger partial charge on any atom is -0.455 e. The van der Waals surface area contributed by atoms with Gasteiger partial charge in [0, 0.05) is 34.8 Å². The number of aryl methyl sites for hydroxylation is 2. The summed E-state index contributed by atoms with van der Waals surface area (Å²) in [6.07, 6.45) is 8.11. The second kappa shape index (κ2) is 8.02. The van der Waals surface area contributed by atoms with Gasteiger partial charge in [-0.15, -0.1) is 0 Å². The number of ether oxygens (including phenoxy) is 1. The first-order valence-electron chi connectivity index (χ1n) is 13.4. The van der Waals surface area contributed by atoms with Crippen LogP contribution in [-0.4, -0.2) is 4.98 Å². The van der Waals surface area contributed by atoms with Crippen LogP contribution >= 0.6 is 0 Å². The molecule has 0 saturated heterocycles. The normalized spacial score (nSPS) is 13.3. The standard InChI is InChI=1S/C34H37N2O/c1-20-27-19-35-13-11-23(27)26(18-34(5,6)7)32-29(20)31-30-24(12-14-36(31)8)25-15-21(17-33(2,3)4)9-10-22(25)16-28(30)37-32/h9-16,19H,17-18H2,1-8H3/q+1. The van der Waals surface area contributed by atoms with Crippen molar-refractivity contribution in [1.29, 1.82) is 0 Å². The summed E-state index contributed by atoms with van der Waals surface area (Å²) in [5.41, 5.74) is 6.66. The van der Waals surface area contributed by atoms with Crippen LogP contribution in [0.4, 0.5) is 0 Å². The molecule has 0 aliphatic carbocycles. The Balaban J connectivity index is 1.72. The summed E-state index contributed by atoms with van der Waals surface area (Å²) < 4.78 is 9.23. The second-order valence-electron chi connectivity index (χ2n) is 13.3. The Morgan fingerprint density at radius 2 is 1.59 bits per heavy atom. The first kappa shape index (κ1) is 23.9. The molecule has 37 heavy (non-hydrogen) atoms. The van der Waals surface area contributed by atoms with E-state index in [1.807, 2.05) is 12.4 Å². The van der Waals surface area contributed by atoms with Crippen molar-refractivity contribution in [1.82, 2.24) is 4.98 Å². The van der Waals surface area contributed by atoms with Crippen LogP contribution in [0.2, 0.25) is 0 Å². The predicted molar refractivity (Wildman–Crippen MR) is 154 cm³/mol. The van der Waals surface area contributed by atoms with E-state index < -0.39 is 0 Å². The van der Waals surface area contributed by atoms with Crippen molar-refractivity contribution in [2.75, 3.05) is 0 Å². The van der Waals surface area contributed by atoms with Gasteiger partial charge >= 0.3 is 0 Å². The highest BCUT2D eigenvalue weighted by atomic mass is 16.5. The third-order valence-corrected chi connectivity index (χ3v) is 7.58. The molecule has 6 rings (SSSR count). The molecule has 188 valence electrons. The van der Waals surface area contributed by atoms with Crippen LogP contribution in [0, 0.1) is 17.8 Å². The van der Waals surface area contributed by atoms with Crippen molar-refractivity contribution in [2.45, 2.75) is 61.3 Å². The number of pyridine rings is 2. The Kier molecular flexibility index (Phi) is 5.18. The summed E-state index contributed by atoms with van der Waals surface area (Å²) >= 11 is 0. The van der Waals surface area contributed by atoms with Gasteiger partial charge in [0.1, 0.15) is 18.5 Å². The van der Waals surface area contributed by atoms with Crippen LogP contribution < -0.4 is 9.30 Å². The molecule has 0 spiro atoms. The lowest BCUT2D eigenvalue weighted by Crippen LogP contribution is -2.32. The van der Waals surface area contributed by atoms with Gasteiger partial charge in [0.05, 0.1) is 10.9 Å². The fourth-order valence-corrected chi connectivity index (χ4v) is 6.15. The summed E-state index contributed by atoms with van der Waals surface area (Å²) in [4.78, 5) is 4.51.